The third kappa shape index (κ3) is 7.33. The van der Waals surface area contributed by atoms with Gasteiger partial charge in [0.05, 0.1) is 12.2 Å². The molecule has 0 saturated heterocycles. The van der Waals surface area contributed by atoms with Gasteiger partial charge in [-0.25, -0.2) is 4.99 Å². The van der Waals surface area contributed by atoms with Crippen LogP contribution in [0.15, 0.2) is 47.6 Å². The van der Waals surface area contributed by atoms with Crippen LogP contribution in [0.2, 0.25) is 0 Å². The quantitative estimate of drug-likeness (QED) is 0.353. The largest absolute Gasteiger partial charge is 0.357 e. The van der Waals surface area contributed by atoms with E-state index in [-0.39, 0.29) is 24.0 Å². The summed E-state index contributed by atoms with van der Waals surface area (Å²) in [5, 5.41) is 11.0. The molecule has 0 radical (unpaired) electrons. The Bertz CT molecular complexity index is 653. The molecule has 144 valence electrons. The minimum Gasteiger partial charge on any atom is -0.357 e. The number of benzene rings is 1. The van der Waals surface area contributed by atoms with Gasteiger partial charge >= 0.3 is 0 Å². The number of rotatable bonds is 8. The maximum atomic E-state index is 4.67. The third-order valence-corrected chi connectivity index (χ3v) is 4.22. The number of halogens is 1. The van der Waals surface area contributed by atoms with Gasteiger partial charge < -0.3 is 15.5 Å². The molecule has 0 aliphatic rings. The molecular weight excluding hydrogens is 439 g/mol. The first-order valence-corrected chi connectivity index (χ1v) is 8.79. The smallest absolute Gasteiger partial charge is 0.191 e. The number of likely N-dealkylation sites (N-methyl/N-ethyl adjacent to an activating group) is 1. The Morgan fingerprint density at radius 3 is 2.50 bits per heavy atom. The normalized spacial score (nSPS) is 12.6. The Labute approximate surface area is 174 Å². The number of guanidine groups is 1. The molecule has 0 spiro atoms. The molecular formula is C19H31IN6. The Morgan fingerprint density at radius 2 is 1.92 bits per heavy atom. The zero-order valence-electron chi connectivity index (χ0n) is 16.1. The number of hydrogen-bond acceptors (Lipinski definition) is 3. The molecule has 0 saturated carbocycles. The number of aryl methyl sites for hydroxylation is 1. The van der Waals surface area contributed by atoms with E-state index in [4.69, 9.17) is 0 Å². The molecule has 0 aliphatic heterocycles. The van der Waals surface area contributed by atoms with Crippen LogP contribution in [0, 0.1) is 0 Å². The molecule has 1 aromatic heterocycles. The van der Waals surface area contributed by atoms with Crippen molar-refractivity contribution in [2.24, 2.45) is 12.0 Å². The van der Waals surface area contributed by atoms with Crippen LogP contribution in [0.25, 0.3) is 0 Å². The summed E-state index contributed by atoms with van der Waals surface area (Å²) in [5.41, 5.74) is 2.44. The van der Waals surface area contributed by atoms with Crippen molar-refractivity contribution in [3.8, 4) is 0 Å². The summed E-state index contributed by atoms with van der Waals surface area (Å²) >= 11 is 0. The fourth-order valence-corrected chi connectivity index (χ4v) is 2.60. The van der Waals surface area contributed by atoms with E-state index >= 15 is 0 Å². The second-order valence-electron chi connectivity index (χ2n) is 6.33. The molecule has 0 aliphatic carbocycles. The maximum Gasteiger partial charge on any atom is 0.191 e. The average molecular weight is 470 g/mol. The number of aliphatic imine (C=N–C) groups is 1. The highest BCUT2D eigenvalue weighted by molar-refractivity contribution is 14.0. The van der Waals surface area contributed by atoms with Crippen LogP contribution >= 0.6 is 24.0 Å². The van der Waals surface area contributed by atoms with Crippen LogP contribution in [0.1, 0.15) is 18.2 Å². The van der Waals surface area contributed by atoms with E-state index in [9.17, 15) is 0 Å². The van der Waals surface area contributed by atoms with Gasteiger partial charge in [0, 0.05) is 32.4 Å². The van der Waals surface area contributed by atoms with E-state index in [1.807, 2.05) is 17.8 Å². The summed E-state index contributed by atoms with van der Waals surface area (Å²) in [7, 11) is 6.18. The summed E-state index contributed by atoms with van der Waals surface area (Å²) in [6, 6.07) is 13.0. The van der Waals surface area contributed by atoms with E-state index in [1.54, 1.807) is 6.20 Å². The Balaban J connectivity index is 0.00000338. The topological polar surface area (TPSA) is 57.5 Å². The highest BCUT2D eigenvalue weighted by Crippen LogP contribution is 2.06. The van der Waals surface area contributed by atoms with E-state index in [0.29, 0.717) is 12.6 Å². The zero-order chi connectivity index (χ0) is 18.1. The first-order chi connectivity index (χ1) is 12.1. The summed E-state index contributed by atoms with van der Waals surface area (Å²) in [6.07, 6.45) is 2.80. The van der Waals surface area contributed by atoms with E-state index in [0.717, 1.165) is 31.2 Å². The van der Waals surface area contributed by atoms with Crippen LogP contribution in [-0.4, -0.2) is 53.9 Å². The van der Waals surface area contributed by atoms with Gasteiger partial charge in [0.15, 0.2) is 5.96 Å². The maximum absolute atomic E-state index is 4.67. The molecule has 0 bridgehead atoms. The van der Waals surface area contributed by atoms with E-state index < -0.39 is 0 Å². The van der Waals surface area contributed by atoms with Crippen LogP contribution < -0.4 is 10.6 Å². The average Bonchev–Trinajstić information content (AvgIpc) is 3.01. The lowest BCUT2D eigenvalue weighted by molar-refractivity contribution is 0.290. The van der Waals surface area contributed by atoms with Crippen molar-refractivity contribution in [3.63, 3.8) is 0 Å². The Hall–Kier alpha value is -1.61. The molecule has 0 fully saturated rings. The molecule has 0 amide bonds. The molecule has 1 atom stereocenters. The Morgan fingerprint density at radius 1 is 1.19 bits per heavy atom. The van der Waals surface area contributed by atoms with Crippen molar-refractivity contribution >= 4 is 29.9 Å². The van der Waals surface area contributed by atoms with E-state index in [1.165, 1.54) is 5.56 Å². The van der Waals surface area contributed by atoms with Gasteiger partial charge in [-0.1, -0.05) is 30.3 Å². The van der Waals surface area contributed by atoms with Crippen molar-refractivity contribution in [2.75, 3.05) is 27.2 Å². The van der Waals surface area contributed by atoms with Crippen LogP contribution in [0.5, 0.6) is 0 Å². The summed E-state index contributed by atoms with van der Waals surface area (Å²) in [4.78, 5) is 6.92. The standard InChI is InChI=1S/C19H30N6.HI/c1-5-20-19(21-14-17-11-12-23-25(17)4)22-15-18(24(2)3)13-16-9-7-6-8-10-16;/h6-12,18H,5,13-15H2,1-4H3,(H2,20,21,22);1H. The fourth-order valence-electron chi connectivity index (χ4n) is 2.60. The lowest BCUT2D eigenvalue weighted by Gasteiger charge is -2.25. The van der Waals surface area contributed by atoms with Crippen molar-refractivity contribution < 1.29 is 0 Å². The SMILES string of the molecule is CCNC(=NCc1ccnn1C)NCC(Cc1ccccc1)N(C)C.I. The molecule has 1 aromatic carbocycles. The molecule has 26 heavy (non-hydrogen) atoms. The minimum absolute atomic E-state index is 0. The Kier molecular flexibility index (Phi) is 10.3. The van der Waals surface area contributed by atoms with Crippen molar-refractivity contribution in [3.05, 3.63) is 53.9 Å². The molecule has 2 aromatic rings. The summed E-state index contributed by atoms with van der Waals surface area (Å²) < 4.78 is 1.85. The van der Waals surface area contributed by atoms with Crippen molar-refractivity contribution in [1.29, 1.82) is 0 Å². The lowest BCUT2D eigenvalue weighted by atomic mass is 10.1. The number of nitrogens with one attached hydrogen (secondary N) is 2. The summed E-state index contributed by atoms with van der Waals surface area (Å²) in [5.74, 6) is 0.837. The summed E-state index contributed by atoms with van der Waals surface area (Å²) in [6.45, 7) is 4.35. The minimum atomic E-state index is 0. The fraction of sp³-hybridized carbons (Fsp3) is 0.474. The van der Waals surface area contributed by atoms with Gasteiger partial charge in [-0.15, -0.1) is 24.0 Å². The monoisotopic (exact) mass is 470 g/mol. The molecule has 2 rings (SSSR count). The number of aromatic nitrogens is 2. The van der Waals surface area contributed by atoms with E-state index in [2.05, 4.69) is 77.0 Å². The van der Waals surface area contributed by atoms with Gasteiger partial charge in [-0.3, -0.25) is 4.68 Å². The predicted molar refractivity (Wildman–Crippen MR) is 119 cm³/mol. The van der Waals surface area contributed by atoms with Crippen LogP contribution in [-0.2, 0) is 20.0 Å². The number of nitrogens with zero attached hydrogens (tertiary/aromatic N) is 4. The molecule has 1 heterocycles. The van der Waals surface area contributed by atoms with Crippen LogP contribution in [0.3, 0.4) is 0 Å². The zero-order valence-corrected chi connectivity index (χ0v) is 18.5. The lowest BCUT2D eigenvalue weighted by Crippen LogP contribution is -2.46. The van der Waals surface area contributed by atoms with Gasteiger partial charge in [-0.05, 0) is 39.1 Å². The molecule has 6 nitrogen and oxygen atoms in total. The second-order valence-corrected chi connectivity index (χ2v) is 6.33. The predicted octanol–water partition coefficient (Wildman–Crippen LogP) is 2.27. The van der Waals surface area contributed by atoms with Crippen molar-refractivity contribution in [2.45, 2.75) is 25.9 Å². The molecule has 7 heteroatoms. The van der Waals surface area contributed by atoms with Crippen LogP contribution in [0.4, 0.5) is 0 Å². The van der Waals surface area contributed by atoms with Crippen molar-refractivity contribution in [1.82, 2.24) is 25.3 Å². The second kappa shape index (κ2) is 11.9. The molecule has 1 unspecified atom stereocenters. The van der Waals surface area contributed by atoms with Gasteiger partial charge in [0.25, 0.3) is 0 Å². The molecule has 2 N–H and O–H groups in total. The first-order valence-electron chi connectivity index (χ1n) is 8.79. The van der Waals surface area contributed by atoms with Gasteiger partial charge in [0.1, 0.15) is 0 Å². The highest BCUT2D eigenvalue weighted by atomic mass is 127. The number of hydrogen-bond donors (Lipinski definition) is 2. The van der Waals surface area contributed by atoms with Gasteiger partial charge in [-0.2, -0.15) is 5.10 Å². The highest BCUT2D eigenvalue weighted by Gasteiger charge is 2.13. The van der Waals surface area contributed by atoms with Gasteiger partial charge in [0.2, 0.25) is 0 Å². The third-order valence-electron chi connectivity index (χ3n) is 4.22. The first kappa shape index (κ1) is 22.4.